The number of hydrogen-bond donors (Lipinski definition) is 2. The molecule has 236 valence electrons. The number of likely N-dealkylation sites (tertiary alicyclic amines) is 1. The highest BCUT2D eigenvalue weighted by Crippen LogP contribution is 2.59. The molecule has 2 spiro atoms. The molecule has 3 aromatic rings. The molecule has 2 amide bonds. The van der Waals surface area contributed by atoms with Crippen LogP contribution in [-0.2, 0) is 27.7 Å². The first-order valence-corrected chi connectivity index (χ1v) is 16.1. The molecule has 0 atom stereocenters. The molecule has 1 saturated carbocycles. The molecule has 11 nitrogen and oxygen atoms in total. The summed E-state index contributed by atoms with van der Waals surface area (Å²) >= 11 is 0. The van der Waals surface area contributed by atoms with Gasteiger partial charge in [0.05, 0.1) is 41.1 Å². The van der Waals surface area contributed by atoms with Gasteiger partial charge in [0.25, 0.3) is 5.91 Å². The molecule has 2 saturated heterocycles. The Bertz CT molecular complexity index is 1660. The highest BCUT2D eigenvalue weighted by Gasteiger charge is 2.70. The van der Waals surface area contributed by atoms with Crippen LogP contribution in [0.1, 0.15) is 60.8 Å². The number of H-pyrrole nitrogens is 1. The van der Waals surface area contributed by atoms with Crippen molar-refractivity contribution < 1.29 is 23.8 Å². The van der Waals surface area contributed by atoms with E-state index in [1.54, 1.807) is 4.90 Å². The van der Waals surface area contributed by atoms with E-state index in [-0.39, 0.29) is 23.0 Å². The first-order chi connectivity index (χ1) is 21.6. The van der Waals surface area contributed by atoms with Crippen molar-refractivity contribution in [1.82, 2.24) is 30.1 Å². The van der Waals surface area contributed by atoms with Crippen LogP contribution in [0.2, 0.25) is 0 Å². The van der Waals surface area contributed by atoms with Crippen LogP contribution in [0.4, 0.5) is 4.79 Å². The predicted molar refractivity (Wildman–Crippen MR) is 166 cm³/mol. The van der Waals surface area contributed by atoms with Crippen molar-refractivity contribution in [3.8, 4) is 28.5 Å². The van der Waals surface area contributed by atoms with Gasteiger partial charge in [-0.05, 0) is 81.8 Å². The second kappa shape index (κ2) is 10.3. The lowest BCUT2D eigenvalue weighted by Gasteiger charge is -2.56. The monoisotopic (exact) mass is 612 g/mol. The molecule has 0 radical (unpaired) electrons. The van der Waals surface area contributed by atoms with Crippen LogP contribution in [0.5, 0.6) is 5.75 Å². The average Bonchev–Trinajstić information content (AvgIpc) is 3.64. The first-order valence-electron chi connectivity index (χ1n) is 16.1. The molecule has 45 heavy (non-hydrogen) atoms. The third-order valence-electron chi connectivity index (χ3n) is 10.0. The molecule has 0 bridgehead atoms. The fourth-order valence-electron chi connectivity index (χ4n) is 7.51. The summed E-state index contributed by atoms with van der Waals surface area (Å²) < 4.78 is 17.1. The Kier molecular flexibility index (Phi) is 6.51. The fourth-order valence-corrected chi connectivity index (χ4v) is 7.51. The molecule has 3 fully saturated rings. The second-order valence-electron chi connectivity index (χ2n) is 14.1. The van der Waals surface area contributed by atoms with Crippen LogP contribution >= 0.6 is 0 Å². The third-order valence-corrected chi connectivity index (χ3v) is 10.0. The van der Waals surface area contributed by atoms with Crippen LogP contribution in [0, 0.1) is 0 Å². The lowest BCUT2D eigenvalue weighted by molar-refractivity contribution is -0.0240. The molecule has 5 aliphatic rings. The smallest absolute Gasteiger partial charge is 0.410 e. The number of nitrogens with zero attached hydrogens (tertiary/aromatic N) is 4. The van der Waals surface area contributed by atoms with Gasteiger partial charge in [-0.3, -0.25) is 9.69 Å². The largest absolute Gasteiger partial charge is 0.492 e. The maximum atomic E-state index is 13.6. The number of carbonyl (C=O) groups is 2. The van der Waals surface area contributed by atoms with Gasteiger partial charge in [-0.1, -0.05) is 0 Å². The summed E-state index contributed by atoms with van der Waals surface area (Å²) in [4.78, 5) is 44.1. The van der Waals surface area contributed by atoms with Crippen molar-refractivity contribution in [1.29, 1.82) is 0 Å². The molecule has 8 rings (SSSR count). The minimum Gasteiger partial charge on any atom is -0.492 e. The van der Waals surface area contributed by atoms with Crippen LogP contribution in [0.15, 0.2) is 30.5 Å². The second-order valence-corrected chi connectivity index (χ2v) is 14.1. The van der Waals surface area contributed by atoms with Gasteiger partial charge in [0.15, 0.2) is 5.82 Å². The number of aromatic amines is 1. The van der Waals surface area contributed by atoms with Gasteiger partial charge in [0.2, 0.25) is 0 Å². The van der Waals surface area contributed by atoms with Crippen LogP contribution in [-0.4, -0.2) is 100 Å². The van der Waals surface area contributed by atoms with Gasteiger partial charge in [0, 0.05) is 50.2 Å². The number of morpholine rings is 1. The Morgan fingerprint density at radius 2 is 1.84 bits per heavy atom. The summed E-state index contributed by atoms with van der Waals surface area (Å²) in [5, 5.41) is 3.37. The molecule has 3 aliphatic heterocycles. The number of ether oxygens (including phenoxy) is 3. The summed E-state index contributed by atoms with van der Waals surface area (Å²) in [6, 6.07) is 7.92. The van der Waals surface area contributed by atoms with Gasteiger partial charge in [-0.15, -0.1) is 0 Å². The Balaban J connectivity index is 1.05. The van der Waals surface area contributed by atoms with E-state index in [0.717, 1.165) is 104 Å². The van der Waals surface area contributed by atoms with Gasteiger partial charge in [-0.2, -0.15) is 0 Å². The van der Waals surface area contributed by atoms with E-state index in [1.165, 1.54) is 0 Å². The Morgan fingerprint density at radius 1 is 1.09 bits per heavy atom. The zero-order valence-electron chi connectivity index (χ0n) is 26.2. The Hall–Kier alpha value is -3.96. The molecule has 5 heterocycles. The molecular weight excluding hydrogens is 572 g/mol. The maximum absolute atomic E-state index is 13.6. The van der Waals surface area contributed by atoms with Crippen molar-refractivity contribution in [2.45, 2.75) is 63.0 Å². The van der Waals surface area contributed by atoms with Crippen molar-refractivity contribution in [3.63, 3.8) is 0 Å². The number of benzene rings is 1. The summed E-state index contributed by atoms with van der Waals surface area (Å²) in [5.74, 6) is 1.42. The number of amides is 2. The fraction of sp³-hybridized carbons (Fsp3) is 0.529. The summed E-state index contributed by atoms with van der Waals surface area (Å²) in [5.41, 5.74) is 5.14. The molecule has 2 N–H and O–H groups in total. The SMILES string of the molecule is CC(C)(C)OC(=O)N1CC2(C1)c1[nH]c3c(c1C(=O)NC21CC1)CCc1cnc(-c2ccc(OCCN4CCOCC4)cc2)nc1-3. The van der Waals surface area contributed by atoms with Crippen molar-refractivity contribution in [2.75, 3.05) is 52.5 Å². The third kappa shape index (κ3) is 4.78. The van der Waals surface area contributed by atoms with E-state index < -0.39 is 5.60 Å². The number of rotatable bonds is 5. The van der Waals surface area contributed by atoms with E-state index >= 15 is 0 Å². The topological polar surface area (TPSA) is 122 Å². The van der Waals surface area contributed by atoms with E-state index in [0.29, 0.717) is 25.5 Å². The van der Waals surface area contributed by atoms with Crippen molar-refractivity contribution in [3.05, 3.63) is 52.8 Å². The van der Waals surface area contributed by atoms with E-state index in [1.807, 2.05) is 51.2 Å². The highest BCUT2D eigenvalue weighted by molar-refractivity contribution is 6.02. The number of fused-ring (bicyclic) bond motifs is 7. The van der Waals surface area contributed by atoms with Gasteiger partial charge in [0.1, 0.15) is 18.0 Å². The Morgan fingerprint density at radius 3 is 2.56 bits per heavy atom. The van der Waals surface area contributed by atoms with E-state index in [9.17, 15) is 9.59 Å². The van der Waals surface area contributed by atoms with Crippen molar-refractivity contribution in [2.24, 2.45) is 0 Å². The highest BCUT2D eigenvalue weighted by atomic mass is 16.6. The predicted octanol–water partition coefficient (Wildman–Crippen LogP) is 3.71. The standard InChI is InChI=1S/C34H40N6O5/c1-32(2,3)45-31(42)40-19-33(20-40)28-25(30(41)38-34(33)10-11-34)24-9-6-22-18-35-29(37-26(22)27(24)36-28)21-4-7-23(8-5-21)44-17-14-39-12-15-43-16-13-39/h4-5,7-8,18,36H,6,9-17,19-20H2,1-3H3,(H,38,41). The average molecular weight is 613 g/mol. The van der Waals surface area contributed by atoms with E-state index in [4.69, 9.17) is 24.2 Å². The quantitative estimate of drug-likeness (QED) is 0.447. The Labute approximate surface area is 262 Å². The summed E-state index contributed by atoms with van der Waals surface area (Å²) in [6.07, 6.45) is 4.91. The van der Waals surface area contributed by atoms with Crippen LogP contribution in [0.3, 0.4) is 0 Å². The molecule has 0 unspecified atom stereocenters. The lowest BCUT2D eigenvalue weighted by atomic mass is 9.65. The van der Waals surface area contributed by atoms with E-state index in [2.05, 4.69) is 15.2 Å². The molecule has 2 aromatic heterocycles. The first kappa shape index (κ1) is 28.5. The number of nitrogens with one attached hydrogen (secondary N) is 2. The summed E-state index contributed by atoms with van der Waals surface area (Å²) in [7, 11) is 0. The lowest BCUT2D eigenvalue weighted by Crippen LogP contribution is -2.73. The zero-order valence-corrected chi connectivity index (χ0v) is 26.2. The van der Waals surface area contributed by atoms with Gasteiger partial charge < -0.3 is 29.4 Å². The van der Waals surface area contributed by atoms with Crippen LogP contribution in [0.25, 0.3) is 22.8 Å². The normalized spacial score (nSPS) is 21.0. The molecular formula is C34H40N6O5. The minimum absolute atomic E-state index is 0.0247. The molecule has 11 heteroatoms. The molecule has 1 aromatic carbocycles. The van der Waals surface area contributed by atoms with Gasteiger partial charge >= 0.3 is 6.09 Å². The maximum Gasteiger partial charge on any atom is 0.410 e. The van der Waals surface area contributed by atoms with Crippen LogP contribution < -0.4 is 10.1 Å². The summed E-state index contributed by atoms with van der Waals surface area (Å²) in [6.45, 7) is 11.6. The van der Waals surface area contributed by atoms with Gasteiger partial charge in [-0.25, -0.2) is 14.8 Å². The van der Waals surface area contributed by atoms with Crippen molar-refractivity contribution >= 4 is 12.0 Å². The number of hydrogen-bond acceptors (Lipinski definition) is 8. The number of carbonyl (C=O) groups excluding carboxylic acids is 2. The molecule has 2 aliphatic carbocycles. The minimum atomic E-state index is -0.563. The number of aromatic nitrogens is 3. The zero-order chi connectivity index (χ0) is 31.0. The number of aryl methyl sites for hydroxylation is 1.